The van der Waals surface area contributed by atoms with Crippen LogP contribution in [0.1, 0.15) is 35.6 Å². The van der Waals surface area contributed by atoms with Gasteiger partial charge in [-0.3, -0.25) is 4.90 Å². The number of allylic oxidation sites excluding steroid dienone is 4. The van der Waals surface area contributed by atoms with Gasteiger partial charge in [0, 0.05) is 21.9 Å². The number of aromatic nitrogens is 2. The zero-order chi connectivity index (χ0) is 38.8. The first kappa shape index (κ1) is 32.6. The first-order chi connectivity index (χ1) is 29.2. The highest BCUT2D eigenvalue weighted by Gasteiger charge is 2.53. The summed E-state index contributed by atoms with van der Waals surface area (Å²) in [5.41, 5.74) is 17.2. The molecule has 0 radical (unpaired) electrons. The van der Waals surface area contributed by atoms with Gasteiger partial charge in [-0.25, -0.2) is 4.98 Å². The maximum atomic E-state index is 7.27. The van der Waals surface area contributed by atoms with E-state index in [-0.39, 0.29) is 0 Å². The van der Waals surface area contributed by atoms with Gasteiger partial charge in [-0.05, 0) is 93.8 Å². The van der Waals surface area contributed by atoms with Crippen molar-refractivity contribution in [3.8, 4) is 39.6 Å². The van der Waals surface area contributed by atoms with Crippen molar-refractivity contribution in [2.45, 2.75) is 18.8 Å². The Morgan fingerprint density at radius 2 is 1.31 bits per heavy atom. The molecule has 2 aromatic heterocycles. The molecule has 2 aliphatic carbocycles. The third-order valence-corrected chi connectivity index (χ3v) is 13.1. The molecule has 4 nitrogen and oxygen atoms in total. The van der Waals surface area contributed by atoms with E-state index in [1.165, 1.54) is 60.9 Å². The molecule has 0 amide bonds. The summed E-state index contributed by atoms with van der Waals surface area (Å²) in [5.74, 6) is 2.92. The Balaban J connectivity index is 1.12. The maximum absolute atomic E-state index is 7.27. The number of rotatable bonds is 3. The molecule has 0 N–H and O–H groups in total. The SMILES string of the molecule is CC1C=CC2=C(C1)c1c(ccc3c1Oc1ccccc1N3c1cc(-c3ccccc3)cc(-c3ccccc3)n1)C21c2ccccc2-n2c3ccccc3c3cccc1c32. The number of para-hydroxylation sites is 5. The van der Waals surface area contributed by atoms with Crippen LogP contribution < -0.4 is 9.64 Å². The number of benzene rings is 7. The van der Waals surface area contributed by atoms with Crippen LogP contribution in [0.2, 0.25) is 0 Å². The van der Waals surface area contributed by atoms with E-state index in [2.05, 4.69) is 204 Å². The van der Waals surface area contributed by atoms with E-state index >= 15 is 0 Å². The van der Waals surface area contributed by atoms with Crippen molar-refractivity contribution in [1.82, 2.24) is 9.55 Å². The minimum atomic E-state index is -0.548. The smallest absolute Gasteiger partial charge is 0.159 e. The van der Waals surface area contributed by atoms with Crippen molar-refractivity contribution in [3.63, 3.8) is 0 Å². The Morgan fingerprint density at radius 3 is 2.17 bits per heavy atom. The van der Waals surface area contributed by atoms with Gasteiger partial charge in [-0.2, -0.15) is 0 Å². The summed E-state index contributed by atoms with van der Waals surface area (Å²) in [7, 11) is 0. The van der Waals surface area contributed by atoms with Gasteiger partial charge in [0.15, 0.2) is 11.5 Å². The molecule has 2 unspecified atom stereocenters. The van der Waals surface area contributed by atoms with Gasteiger partial charge >= 0.3 is 0 Å². The molecule has 0 saturated carbocycles. The number of pyridine rings is 1. The third kappa shape index (κ3) is 4.35. The van der Waals surface area contributed by atoms with Gasteiger partial charge in [0.05, 0.1) is 39.2 Å². The van der Waals surface area contributed by atoms with Crippen molar-refractivity contribution in [2.24, 2.45) is 5.92 Å². The quantitative estimate of drug-likeness (QED) is 0.180. The lowest BCUT2D eigenvalue weighted by Gasteiger charge is -2.41. The van der Waals surface area contributed by atoms with Crippen molar-refractivity contribution >= 4 is 44.6 Å². The van der Waals surface area contributed by atoms with Crippen LogP contribution in [0.4, 0.5) is 17.2 Å². The fourth-order valence-electron chi connectivity index (χ4n) is 10.7. The Kier molecular flexibility index (Phi) is 6.66. The molecule has 59 heavy (non-hydrogen) atoms. The molecule has 0 fully saturated rings. The lowest BCUT2D eigenvalue weighted by atomic mass is 9.64. The highest BCUT2D eigenvalue weighted by Crippen LogP contribution is 2.66. The summed E-state index contributed by atoms with van der Waals surface area (Å²) in [6.45, 7) is 2.33. The molecule has 4 heterocycles. The topological polar surface area (TPSA) is 30.3 Å². The van der Waals surface area contributed by atoms with Crippen LogP contribution in [-0.4, -0.2) is 9.55 Å². The molecular formula is C55H37N3O. The Bertz CT molecular complexity index is 3240. The number of nitrogens with zero attached hydrogens (tertiary/aromatic N) is 3. The normalized spacial score (nSPS) is 18.1. The zero-order valence-electron chi connectivity index (χ0n) is 32.4. The molecule has 2 aliphatic heterocycles. The number of fused-ring (bicyclic) bond motifs is 14. The molecule has 278 valence electrons. The molecule has 0 saturated heterocycles. The average Bonchev–Trinajstić information content (AvgIpc) is 3.79. The number of hydrogen-bond acceptors (Lipinski definition) is 3. The Labute approximate surface area is 342 Å². The second-order valence-corrected chi connectivity index (χ2v) is 16.3. The van der Waals surface area contributed by atoms with Crippen LogP contribution in [-0.2, 0) is 5.41 Å². The van der Waals surface area contributed by atoms with Gasteiger partial charge < -0.3 is 9.30 Å². The van der Waals surface area contributed by atoms with E-state index < -0.39 is 5.41 Å². The van der Waals surface area contributed by atoms with Crippen molar-refractivity contribution in [3.05, 3.63) is 216 Å². The fraction of sp³-hybridized carbons (Fsp3) is 0.0727. The lowest BCUT2D eigenvalue weighted by Crippen LogP contribution is -2.34. The summed E-state index contributed by atoms with van der Waals surface area (Å²) in [5, 5.41) is 2.56. The number of ether oxygens (including phenoxy) is 1. The van der Waals surface area contributed by atoms with Crippen LogP contribution in [0.3, 0.4) is 0 Å². The molecule has 1 spiro atoms. The first-order valence-corrected chi connectivity index (χ1v) is 20.6. The number of anilines is 3. The van der Waals surface area contributed by atoms with Crippen LogP contribution in [0.25, 0.3) is 55.5 Å². The van der Waals surface area contributed by atoms with Crippen molar-refractivity contribution < 1.29 is 4.74 Å². The predicted octanol–water partition coefficient (Wildman–Crippen LogP) is 14.1. The minimum Gasteiger partial charge on any atom is -0.452 e. The van der Waals surface area contributed by atoms with E-state index in [1.807, 2.05) is 0 Å². The summed E-state index contributed by atoms with van der Waals surface area (Å²) in [6, 6.07) is 63.6. The molecule has 0 bridgehead atoms. The van der Waals surface area contributed by atoms with Crippen LogP contribution in [0, 0.1) is 5.92 Å². The summed E-state index contributed by atoms with van der Waals surface area (Å²) < 4.78 is 9.78. The summed E-state index contributed by atoms with van der Waals surface area (Å²) in [4.78, 5) is 7.79. The second-order valence-electron chi connectivity index (χ2n) is 16.3. The van der Waals surface area contributed by atoms with E-state index in [0.29, 0.717) is 5.92 Å². The van der Waals surface area contributed by atoms with Gasteiger partial charge in [0.25, 0.3) is 0 Å². The molecule has 4 heteroatoms. The van der Waals surface area contributed by atoms with Crippen LogP contribution in [0.15, 0.2) is 194 Å². The third-order valence-electron chi connectivity index (χ3n) is 13.1. The molecule has 9 aromatic rings. The second kappa shape index (κ2) is 12.0. The summed E-state index contributed by atoms with van der Waals surface area (Å²) in [6.07, 6.45) is 5.77. The van der Waals surface area contributed by atoms with Crippen molar-refractivity contribution in [1.29, 1.82) is 0 Å². The highest BCUT2D eigenvalue weighted by atomic mass is 16.5. The Hall–Kier alpha value is -7.43. The number of hydrogen-bond donors (Lipinski definition) is 0. The lowest BCUT2D eigenvalue weighted by molar-refractivity contribution is 0.474. The standard InChI is InChI=1S/C55H37N3O/c1-34-27-28-41-40(31-34)52-43(55(41)42-21-9-11-24-47(42)58-46-23-10-8-19-38(46)39-20-14-22-44(55)53(39)58)29-30-49-54(52)59-50-26-13-12-25-48(50)57(49)51-33-37(35-15-4-2-5-16-35)32-45(56-51)36-17-6-3-7-18-36/h2-30,32-34H,31H2,1H3. The van der Waals surface area contributed by atoms with Gasteiger partial charge in [-0.1, -0.05) is 153 Å². The Morgan fingerprint density at radius 1 is 0.593 bits per heavy atom. The van der Waals surface area contributed by atoms with E-state index in [4.69, 9.17) is 9.72 Å². The molecule has 2 atom stereocenters. The van der Waals surface area contributed by atoms with Crippen LogP contribution in [0.5, 0.6) is 11.5 Å². The van der Waals surface area contributed by atoms with Gasteiger partial charge in [0.1, 0.15) is 5.82 Å². The minimum absolute atomic E-state index is 0.373. The van der Waals surface area contributed by atoms with Crippen molar-refractivity contribution in [2.75, 3.05) is 4.90 Å². The van der Waals surface area contributed by atoms with E-state index in [1.54, 1.807) is 0 Å². The zero-order valence-corrected chi connectivity index (χ0v) is 32.4. The maximum Gasteiger partial charge on any atom is 0.159 e. The van der Waals surface area contributed by atoms with Crippen LogP contribution >= 0.6 is 0 Å². The average molecular weight is 756 g/mol. The fourth-order valence-corrected chi connectivity index (χ4v) is 10.7. The molecule has 4 aliphatic rings. The monoisotopic (exact) mass is 755 g/mol. The van der Waals surface area contributed by atoms with E-state index in [0.717, 1.165) is 57.5 Å². The van der Waals surface area contributed by atoms with Gasteiger partial charge in [-0.15, -0.1) is 0 Å². The van der Waals surface area contributed by atoms with E-state index in [9.17, 15) is 0 Å². The summed E-state index contributed by atoms with van der Waals surface area (Å²) >= 11 is 0. The predicted molar refractivity (Wildman–Crippen MR) is 240 cm³/mol. The first-order valence-electron chi connectivity index (χ1n) is 20.6. The molecule has 13 rings (SSSR count). The van der Waals surface area contributed by atoms with Gasteiger partial charge in [0.2, 0.25) is 0 Å². The highest BCUT2D eigenvalue weighted by molar-refractivity contribution is 6.13. The molecular weight excluding hydrogens is 719 g/mol. The molecule has 7 aromatic carbocycles. The largest absolute Gasteiger partial charge is 0.452 e.